The highest BCUT2D eigenvalue weighted by atomic mass is 35.5. The van der Waals surface area contributed by atoms with Gasteiger partial charge in [-0.15, -0.1) is 0 Å². The number of hydrogen-bond acceptors (Lipinski definition) is 10. The number of carbonyl (C=O) groups is 1. The van der Waals surface area contributed by atoms with Crippen molar-refractivity contribution in [3.8, 4) is 0 Å². The highest BCUT2D eigenvalue weighted by Gasteiger charge is 2.37. The summed E-state index contributed by atoms with van der Waals surface area (Å²) in [6.45, 7) is 0.334. The maximum Gasteiger partial charge on any atom is 0.335 e. The van der Waals surface area contributed by atoms with Crippen LogP contribution in [0.5, 0.6) is 0 Å². The Morgan fingerprint density at radius 3 is 2.91 bits per heavy atom. The Hall–Kier alpha value is -2.97. The summed E-state index contributed by atoms with van der Waals surface area (Å²) in [6, 6.07) is 6.46. The number of rotatable bonds is 9. The number of anilines is 1. The van der Waals surface area contributed by atoms with Crippen molar-refractivity contribution in [2.75, 3.05) is 12.4 Å². The molecule has 0 amide bonds. The third kappa shape index (κ3) is 5.74. The average molecular weight is 508 g/mol. The molecule has 0 unspecified atom stereocenters. The molecule has 34 heavy (non-hydrogen) atoms. The summed E-state index contributed by atoms with van der Waals surface area (Å²) < 4.78 is 31.9. The van der Waals surface area contributed by atoms with Crippen LogP contribution in [0.4, 0.5) is 5.82 Å². The van der Waals surface area contributed by atoms with Gasteiger partial charge in [-0.3, -0.25) is 13.7 Å². The predicted molar refractivity (Wildman–Crippen MR) is 122 cm³/mol. The van der Waals surface area contributed by atoms with Crippen LogP contribution in [-0.4, -0.2) is 69.3 Å². The largest absolute Gasteiger partial charge is 0.390 e. The first kappa shape index (κ1) is 24.2. The van der Waals surface area contributed by atoms with E-state index in [1.54, 1.807) is 35.1 Å². The van der Waals surface area contributed by atoms with Crippen molar-refractivity contribution in [2.45, 2.75) is 37.6 Å². The van der Waals surface area contributed by atoms with Gasteiger partial charge in [-0.2, -0.15) is 18.2 Å². The number of aliphatic hydroxyl groups is 1. The van der Waals surface area contributed by atoms with Gasteiger partial charge in [-0.1, -0.05) is 17.7 Å². The average Bonchev–Trinajstić information content (AvgIpc) is 3.40. The van der Waals surface area contributed by atoms with Gasteiger partial charge in [0.05, 0.1) is 23.9 Å². The Kier molecular flexibility index (Phi) is 7.19. The van der Waals surface area contributed by atoms with E-state index in [-0.39, 0.29) is 36.0 Å². The van der Waals surface area contributed by atoms with Crippen molar-refractivity contribution in [1.29, 1.82) is 0 Å². The number of carbonyl (C=O) groups excluding carboxylic acids is 1. The maximum atomic E-state index is 13.1. The number of nitrogens with one attached hydrogen (secondary N) is 2. The second-order valence-corrected chi connectivity index (χ2v) is 9.53. The van der Waals surface area contributed by atoms with Gasteiger partial charge in [-0.05, 0) is 31.0 Å². The maximum absolute atomic E-state index is 13.1. The fraction of sp³-hybridized carbons (Fsp3) is 0.350. The normalized spacial score (nSPS) is 20.4. The first-order valence-electron chi connectivity index (χ1n) is 10.3. The molecule has 1 aliphatic carbocycles. The summed E-state index contributed by atoms with van der Waals surface area (Å²) in [4.78, 5) is 25.4. The lowest BCUT2D eigenvalue weighted by molar-refractivity contribution is 0.0636. The number of aliphatic hydroxyl groups excluding tert-OH is 1. The minimum atomic E-state index is -3.95. The summed E-state index contributed by atoms with van der Waals surface area (Å²) in [7, 11) is -2.73. The second-order valence-electron chi connectivity index (χ2n) is 7.64. The van der Waals surface area contributed by atoms with Crippen molar-refractivity contribution >= 4 is 33.5 Å². The van der Waals surface area contributed by atoms with Gasteiger partial charge in [0.2, 0.25) is 5.78 Å². The molecule has 14 heteroatoms. The van der Waals surface area contributed by atoms with Crippen LogP contribution in [0, 0.1) is 0 Å². The van der Waals surface area contributed by atoms with Gasteiger partial charge in [-0.25, -0.2) is 15.0 Å². The van der Waals surface area contributed by atoms with E-state index in [9.17, 15) is 18.3 Å². The van der Waals surface area contributed by atoms with Crippen LogP contribution in [0.25, 0.3) is 0 Å². The van der Waals surface area contributed by atoms with Gasteiger partial charge in [0, 0.05) is 25.5 Å². The van der Waals surface area contributed by atoms with Gasteiger partial charge in [0.25, 0.3) is 0 Å². The summed E-state index contributed by atoms with van der Waals surface area (Å²) in [5, 5.41) is 18.0. The number of halogens is 1. The number of nitrogens with zero attached hydrogens (tertiary/aromatic N) is 5. The van der Waals surface area contributed by atoms with Crippen LogP contribution in [0.1, 0.15) is 34.6 Å². The van der Waals surface area contributed by atoms with Crippen LogP contribution >= 0.6 is 11.6 Å². The van der Waals surface area contributed by atoms with E-state index in [4.69, 9.17) is 15.8 Å². The molecule has 3 aromatic rings. The lowest BCUT2D eigenvalue weighted by Crippen LogP contribution is -2.31. The van der Waals surface area contributed by atoms with Crippen molar-refractivity contribution in [3.63, 3.8) is 0 Å². The molecular weight excluding hydrogens is 486 g/mol. The minimum Gasteiger partial charge on any atom is -0.390 e. The molecule has 0 saturated heterocycles. The van der Waals surface area contributed by atoms with E-state index in [0.29, 0.717) is 17.4 Å². The van der Waals surface area contributed by atoms with Gasteiger partial charge in [0.1, 0.15) is 29.1 Å². The quantitative estimate of drug-likeness (QED) is 0.279. The van der Waals surface area contributed by atoms with E-state index in [1.165, 1.54) is 19.6 Å². The van der Waals surface area contributed by atoms with Crippen LogP contribution < -0.4 is 10.0 Å². The minimum absolute atomic E-state index is 0.188. The first-order valence-corrected chi connectivity index (χ1v) is 12.1. The predicted octanol–water partition coefficient (Wildman–Crippen LogP) is 0.785. The van der Waals surface area contributed by atoms with Crippen LogP contribution in [0.3, 0.4) is 0 Å². The summed E-state index contributed by atoms with van der Waals surface area (Å²) in [6.07, 6.45) is 2.80. The Labute approximate surface area is 200 Å². The van der Waals surface area contributed by atoms with Gasteiger partial charge >= 0.3 is 10.3 Å². The van der Waals surface area contributed by atoms with E-state index in [2.05, 4.69) is 25.4 Å². The third-order valence-electron chi connectivity index (χ3n) is 5.24. The first-order chi connectivity index (χ1) is 16.2. The lowest BCUT2D eigenvalue weighted by Gasteiger charge is -2.15. The van der Waals surface area contributed by atoms with Crippen LogP contribution in [0.15, 0.2) is 43.0 Å². The topological polar surface area (TPSA) is 161 Å². The number of hydrogen-bond donors (Lipinski definition) is 3. The summed E-state index contributed by atoms with van der Waals surface area (Å²) in [5.41, 5.74) is 1.07. The van der Waals surface area contributed by atoms with Crippen LogP contribution in [-0.2, 0) is 21.0 Å². The van der Waals surface area contributed by atoms with Crippen molar-refractivity contribution < 1.29 is 22.5 Å². The summed E-state index contributed by atoms with van der Waals surface area (Å²) >= 11 is 5.92. The zero-order chi connectivity index (χ0) is 24.3. The molecule has 1 fully saturated rings. The Balaban J connectivity index is 1.46. The molecule has 3 atom stereocenters. The third-order valence-corrected chi connectivity index (χ3v) is 6.45. The highest BCUT2D eigenvalue weighted by molar-refractivity contribution is 7.84. The van der Waals surface area contributed by atoms with E-state index in [1.807, 2.05) is 4.72 Å². The Morgan fingerprint density at radius 1 is 1.32 bits per heavy atom. The number of pyridine rings is 1. The summed E-state index contributed by atoms with van der Waals surface area (Å²) in [5.74, 6) is -0.148. The molecule has 1 aliphatic rings. The standard InChI is InChI=1S/C20H22ClN7O5S/c1-22-34(31,32)33-17-8-13(7-16(17)29)26-20-14(9-23-11-24-20)19(30)15-5-6-28(27-15)10-12-3-2-4-18(21)25-12/h2-6,9,11,13,16-17,22,29H,7-8,10H2,1H3,(H,23,24,26)/t13-,16+,17-/m1/s1. The molecule has 0 bridgehead atoms. The zero-order valence-electron chi connectivity index (χ0n) is 18.0. The molecule has 180 valence electrons. The van der Waals surface area contributed by atoms with Gasteiger partial charge < -0.3 is 10.4 Å². The Morgan fingerprint density at radius 2 is 2.15 bits per heavy atom. The number of aromatic nitrogens is 5. The molecule has 0 aliphatic heterocycles. The van der Waals surface area contributed by atoms with Crippen molar-refractivity contribution in [2.24, 2.45) is 0 Å². The number of ketones is 1. The van der Waals surface area contributed by atoms with Crippen molar-refractivity contribution in [1.82, 2.24) is 29.5 Å². The molecule has 0 spiro atoms. The van der Waals surface area contributed by atoms with Crippen LogP contribution in [0.2, 0.25) is 5.15 Å². The molecular formula is C20H22ClN7O5S. The van der Waals surface area contributed by atoms with Crippen molar-refractivity contribution in [3.05, 3.63) is 65.1 Å². The smallest absolute Gasteiger partial charge is 0.335 e. The molecule has 1 saturated carbocycles. The fourth-order valence-corrected chi connectivity index (χ4v) is 4.44. The monoisotopic (exact) mass is 507 g/mol. The van der Waals surface area contributed by atoms with E-state index in [0.717, 1.165) is 0 Å². The molecule has 3 aromatic heterocycles. The lowest BCUT2D eigenvalue weighted by atomic mass is 10.1. The highest BCUT2D eigenvalue weighted by Crippen LogP contribution is 2.27. The zero-order valence-corrected chi connectivity index (χ0v) is 19.6. The second kappa shape index (κ2) is 10.1. The van der Waals surface area contributed by atoms with E-state index >= 15 is 0 Å². The SMILES string of the molecule is CNS(=O)(=O)O[C@@H]1C[C@H](Nc2ncncc2C(=O)c2ccn(Cc3cccc(Cl)n3)n2)C[C@@H]1O. The molecule has 3 N–H and O–H groups in total. The molecule has 3 heterocycles. The molecule has 0 radical (unpaired) electrons. The molecule has 12 nitrogen and oxygen atoms in total. The fourth-order valence-electron chi connectivity index (χ4n) is 3.63. The molecule has 4 rings (SSSR count). The Bertz CT molecular complexity index is 1290. The van der Waals surface area contributed by atoms with Gasteiger partial charge in [0.15, 0.2) is 0 Å². The van der Waals surface area contributed by atoms with E-state index < -0.39 is 28.3 Å². The molecule has 0 aromatic carbocycles.